The minimum atomic E-state index is -0.868. The van der Waals surface area contributed by atoms with Crippen molar-refractivity contribution >= 4 is 29.1 Å². The van der Waals surface area contributed by atoms with Crippen LogP contribution in [-0.2, 0) is 30.3 Å². The molecule has 2 aromatic rings. The Balaban J connectivity index is 1.58. The Hall–Kier alpha value is -3.45. The van der Waals surface area contributed by atoms with Gasteiger partial charge in [0.15, 0.2) is 11.8 Å². The first-order valence-corrected chi connectivity index (χ1v) is 14.5. The van der Waals surface area contributed by atoms with E-state index in [0.29, 0.717) is 19.5 Å². The number of morpholine rings is 1. The summed E-state index contributed by atoms with van der Waals surface area (Å²) in [5.74, 6) is -0.190. The van der Waals surface area contributed by atoms with Crippen LogP contribution in [0.5, 0.6) is 0 Å². The summed E-state index contributed by atoms with van der Waals surface area (Å²) in [6, 6.07) is 3.61. The number of amides is 3. The maximum atomic E-state index is 14.2. The van der Waals surface area contributed by atoms with E-state index >= 15 is 0 Å². The third kappa shape index (κ3) is 7.68. The summed E-state index contributed by atoms with van der Waals surface area (Å²) in [6.07, 6.45) is 0.0938. The van der Waals surface area contributed by atoms with Gasteiger partial charge in [-0.2, -0.15) is 5.10 Å². The molecule has 1 saturated carbocycles. The zero-order valence-electron chi connectivity index (χ0n) is 25.7. The number of fused-ring (bicyclic) bond motifs is 1. The number of aryl methyl sites for hydroxylation is 2. The molecule has 2 aromatic heterocycles. The second-order valence-electron chi connectivity index (χ2n) is 11.9. The Kier molecular flexibility index (Phi) is 9.93. The molecule has 2 fully saturated rings. The van der Waals surface area contributed by atoms with Gasteiger partial charge in [-0.1, -0.05) is 0 Å². The van der Waals surface area contributed by atoms with E-state index in [2.05, 4.69) is 10.1 Å². The average Bonchev–Trinajstić information content (AvgIpc) is 3.70. The fourth-order valence-corrected chi connectivity index (χ4v) is 5.19. The molecule has 1 N–H and O–H groups in total. The number of carbonyl (C=O) groups is 3. The van der Waals surface area contributed by atoms with Gasteiger partial charge in [0, 0.05) is 37.3 Å². The molecule has 2 aliphatic rings. The Labute approximate surface area is 246 Å². The first kappa shape index (κ1) is 31.5. The minimum Gasteiger partial charge on any atom is -0.453 e. The van der Waals surface area contributed by atoms with Crippen molar-refractivity contribution < 1.29 is 33.3 Å². The maximum absolute atomic E-state index is 14.2. The second kappa shape index (κ2) is 13.2. The van der Waals surface area contributed by atoms with Crippen LogP contribution >= 0.6 is 0 Å². The smallest absolute Gasteiger partial charge is 0.410 e. The van der Waals surface area contributed by atoms with E-state index in [1.165, 1.54) is 12.0 Å². The van der Waals surface area contributed by atoms with Gasteiger partial charge in [0.2, 0.25) is 0 Å². The summed E-state index contributed by atoms with van der Waals surface area (Å²) < 4.78 is 23.6. The highest BCUT2D eigenvalue weighted by atomic mass is 16.6. The molecule has 13 nitrogen and oxygen atoms in total. The molecule has 4 rings (SSSR count). The largest absolute Gasteiger partial charge is 0.453 e. The number of hydrogen-bond acceptors (Lipinski definition) is 9. The summed E-state index contributed by atoms with van der Waals surface area (Å²) in [6.45, 7) is 10.9. The van der Waals surface area contributed by atoms with Crippen molar-refractivity contribution in [1.29, 1.82) is 0 Å². The summed E-state index contributed by atoms with van der Waals surface area (Å²) in [7, 11) is 2.89. The number of nitrogens with one attached hydrogen (secondary N) is 1. The second-order valence-corrected chi connectivity index (χ2v) is 11.9. The van der Waals surface area contributed by atoms with Crippen molar-refractivity contribution in [2.45, 2.75) is 90.3 Å². The van der Waals surface area contributed by atoms with Crippen LogP contribution in [0.15, 0.2) is 12.1 Å². The SMILES string of the molecule is COC[C@@H]1CN(C(=O)OC(C)(C)C)C[C@H](C(=O)N(C2CC2)[C@H](C)c2nn(CCCNC(=O)OC)c3nc(C)ccc23)O1. The molecule has 13 heteroatoms. The number of nitrogens with zero attached hydrogens (tertiary/aromatic N) is 5. The lowest BCUT2D eigenvalue weighted by Gasteiger charge is -2.40. The molecule has 1 aliphatic carbocycles. The van der Waals surface area contributed by atoms with Gasteiger partial charge in [-0.05, 0) is 66.0 Å². The fraction of sp³-hybridized carbons (Fsp3) is 0.690. The van der Waals surface area contributed by atoms with Crippen LogP contribution < -0.4 is 5.32 Å². The van der Waals surface area contributed by atoms with Crippen molar-refractivity contribution in [3.8, 4) is 0 Å². The highest BCUT2D eigenvalue weighted by Gasteiger charge is 2.44. The Morgan fingerprint density at radius 3 is 2.57 bits per heavy atom. The quantitative estimate of drug-likeness (QED) is 0.415. The zero-order valence-corrected chi connectivity index (χ0v) is 25.7. The molecule has 0 spiro atoms. The normalized spacial score (nSPS) is 19.8. The first-order valence-electron chi connectivity index (χ1n) is 14.5. The zero-order chi connectivity index (χ0) is 30.6. The van der Waals surface area contributed by atoms with Crippen molar-refractivity contribution in [2.24, 2.45) is 0 Å². The van der Waals surface area contributed by atoms with Crippen LogP contribution in [0.2, 0.25) is 0 Å². The molecule has 3 amide bonds. The van der Waals surface area contributed by atoms with E-state index in [4.69, 9.17) is 24.3 Å². The predicted octanol–water partition coefficient (Wildman–Crippen LogP) is 3.19. The van der Waals surface area contributed by atoms with Crippen LogP contribution in [0.25, 0.3) is 11.0 Å². The highest BCUT2D eigenvalue weighted by Crippen LogP contribution is 2.37. The van der Waals surface area contributed by atoms with Gasteiger partial charge >= 0.3 is 12.2 Å². The lowest BCUT2D eigenvalue weighted by atomic mass is 10.1. The van der Waals surface area contributed by atoms with E-state index in [1.807, 2.05) is 56.3 Å². The number of pyridine rings is 1. The number of aromatic nitrogens is 3. The molecule has 0 radical (unpaired) electrons. The predicted molar refractivity (Wildman–Crippen MR) is 154 cm³/mol. The van der Waals surface area contributed by atoms with Crippen molar-refractivity contribution in [3.63, 3.8) is 0 Å². The molecule has 1 saturated heterocycles. The van der Waals surface area contributed by atoms with Gasteiger partial charge in [0.1, 0.15) is 5.60 Å². The topological polar surface area (TPSA) is 137 Å². The Bertz CT molecular complexity index is 1270. The van der Waals surface area contributed by atoms with Crippen molar-refractivity contribution in [3.05, 3.63) is 23.5 Å². The summed E-state index contributed by atoms with van der Waals surface area (Å²) in [5.41, 5.74) is 1.66. The van der Waals surface area contributed by atoms with E-state index in [9.17, 15) is 14.4 Å². The van der Waals surface area contributed by atoms with Crippen LogP contribution in [0, 0.1) is 6.92 Å². The summed E-state index contributed by atoms with van der Waals surface area (Å²) in [4.78, 5) is 46.7. The molecule has 3 heterocycles. The third-order valence-corrected chi connectivity index (χ3v) is 7.22. The molecular weight excluding hydrogens is 544 g/mol. The number of rotatable bonds is 10. The lowest BCUT2D eigenvalue weighted by Crippen LogP contribution is -2.57. The van der Waals surface area contributed by atoms with Gasteiger partial charge in [-0.25, -0.2) is 19.3 Å². The van der Waals surface area contributed by atoms with Gasteiger partial charge in [-0.15, -0.1) is 0 Å². The van der Waals surface area contributed by atoms with Gasteiger partial charge in [-0.3, -0.25) is 4.79 Å². The van der Waals surface area contributed by atoms with E-state index < -0.39 is 30.0 Å². The number of hydrogen-bond donors (Lipinski definition) is 1. The minimum absolute atomic E-state index is 0.0525. The number of carbonyl (C=O) groups excluding carboxylic acids is 3. The Morgan fingerprint density at radius 1 is 1.19 bits per heavy atom. The van der Waals surface area contributed by atoms with E-state index in [-0.39, 0.29) is 37.7 Å². The fourth-order valence-electron chi connectivity index (χ4n) is 5.19. The molecule has 0 aromatic carbocycles. The van der Waals surface area contributed by atoms with E-state index in [0.717, 1.165) is 35.3 Å². The number of methoxy groups -OCH3 is 2. The van der Waals surface area contributed by atoms with Crippen LogP contribution in [-0.4, -0.2) is 107 Å². The molecule has 0 unspecified atom stereocenters. The van der Waals surface area contributed by atoms with Gasteiger partial charge in [0.05, 0.1) is 44.6 Å². The monoisotopic (exact) mass is 588 g/mol. The molecule has 0 bridgehead atoms. The molecular formula is C29H44N6O7. The van der Waals surface area contributed by atoms with Crippen molar-refractivity contribution in [1.82, 2.24) is 29.9 Å². The van der Waals surface area contributed by atoms with Crippen LogP contribution in [0.1, 0.15) is 64.4 Å². The van der Waals surface area contributed by atoms with Crippen molar-refractivity contribution in [2.75, 3.05) is 40.5 Å². The summed E-state index contributed by atoms with van der Waals surface area (Å²) in [5, 5.41) is 8.48. The maximum Gasteiger partial charge on any atom is 0.410 e. The molecule has 3 atom stereocenters. The molecule has 42 heavy (non-hydrogen) atoms. The van der Waals surface area contributed by atoms with Gasteiger partial charge < -0.3 is 34.1 Å². The first-order chi connectivity index (χ1) is 19.9. The summed E-state index contributed by atoms with van der Waals surface area (Å²) >= 11 is 0. The van der Waals surface area contributed by atoms with Crippen LogP contribution in [0.4, 0.5) is 9.59 Å². The third-order valence-electron chi connectivity index (χ3n) is 7.22. The van der Waals surface area contributed by atoms with E-state index in [1.54, 1.807) is 7.11 Å². The molecule has 232 valence electrons. The Morgan fingerprint density at radius 2 is 1.93 bits per heavy atom. The number of alkyl carbamates (subject to hydrolysis) is 1. The van der Waals surface area contributed by atoms with Crippen LogP contribution in [0.3, 0.4) is 0 Å². The molecule has 1 aliphatic heterocycles. The van der Waals surface area contributed by atoms with Gasteiger partial charge in [0.25, 0.3) is 5.91 Å². The highest BCUT2D eigenvalue weighted by molar-refractivity contribution is 5.85. The number of ether oxygens (including phenoxy) is 4. The lowest BCUT2D eigenvalue weighted by molar-refractivity contribution is -0.163. The standard InChI is InChI=1S/C29H44N6O7/c1-18-9-12-22-24(32-34(25(22)31-18)14-8-13-30-27(37)40-7)19(2)35(20-10-11-20)26(36)23-16-33(15-21(41-23)17-39-6)28(38)42-29(3,4)5/h9,12,19-21,23H,8,10-11,13-17H2,1-7H3,(H,30,37)/t19-,21+,23-/m1/s1. The average molecular weight is 589 g/mol.